The Kier molecular flexibility index (Phi) is 3.50. The SMILES string of the molecule is CC(C)(C)Nc1cc(N2CCCC(=O)C2)ncn1. The van der Waals surface area contributed by atoms with Crippen LogP contribution in [0.2, 0.25) is 0 Å². The highest BCUT2D eigenvalue weighted by atomic mass is 16.1. The molecule has 2 heterocycles. The van der Waals surface area contributed by atoms with E-state index in [9.17, 15) is 4.79 Å². The fraction of sp³-hybridized carbons (Fsp3) is 0.615. The Bertz CT molecular complexity index is 439. The molecule has 1 saturated heterocycles. The van der Waals surface area contributed by atoms with E-state index in [1.165, 1.54) is 0 Å². The van der Waals surface area contributed by atoms with Crippen LogP contribution in [0.4, 0.5) is 11.6 Å². The fourth-order valence-corrected chi connectivity index (χ4v) is 2.01. The van der Waals surface area contributed by atoms with Gasteiger partial charge in [0, 0.05) is 24.6 Å². The average molecular weight is 248 g/mol. The summed E-state index contributed by atoms with van der Waals surface area (Å²) in [4.78, 5) is 21.9. The summed E-state index contributed by atoms with van der Waals surface area (Å²) in [5.74, 6) is 1.90. The number of aromatic nitrogens is 2. The lowest BCUT2D eigenvalue weighted by Gasteiger charge is -2.27. The molecule has 0 saturated carbocycles. The number of piperidine rings is 1. The van der Waals surface area contributed by atoms with Gasteiger partial charge in [0.15, 0.2) is 5.78 Å². The second-order valence-electron chi connectivity index (χ2n) is 5.70. The van der Waals surface area contributed by atoms with E-state index >= 15 is 0 Å². The quantitative estimate of drug-likeness (QED) is 0.865. The van der Waals surface area contributed by atoms with E-state index in [1.54, 1.807) is 6.33 Å². The zero-order valence-corrected chi connectivity index (χ0v) is 11.2. The highest BCUT2D eigenvalue weighted by Crippen LogP contribution is 2.19. The van der Waals surface area contributed by atoms with Crippen molar-refractivity contribution in [3.8, 4) is 0 Å². The predicted octanol–water partition coefficient (Wildman–Crippen LogP) is 1.86. The number of carbonyl (C=O) groups is 1. The summed E-state index contributed by atoms with van der Waals surface area (Å²) in [6.07, 6.45) is 3.14. The Balaban J connectivity index is 2.14. The van der Waals surface area contributed by atoms with Gasteiger partial charge >= 0.3 is 0 Å². The second kappa shape index (κ2) is 4.92. The van der Waals surface area contributed by atoms with Crippen molar-refractivity contribution >= 4 is 17.4 Å². The van der Waals surface area contributed by atoms with Gasteiger partial charge in [0.1, 0.15) is 18.0 Å². The maximum atomic E-state index is 11.5. The number of anilines is 2. The van der Waals surface area contributed by atoms with E-state index in [4.69, 9.17) is 0 Å². The minimum Gasteiger partial charge on any atom is -0.365 e. The normalized spacial score (nSPS) is 16.8. The molecule has 1 N–H and O–H groups in total. The van der Waals surface area contributed by atoms with Crippen LogP contribution in [-0.2, 0) is 4.79 Å². The smallest absolute Gasteiger partial charge is 0.152 e. The first-order valence-electron chi connectivity index (χ1n) is 6.31. The molecule has 98 valence electrons. The van der Waals surface area contributed by atoms with Crippen LogP contribution in [0.1, 0.15) is 33.6 Å². The molecular weight excluding hydrogens is 228 g/mol. The van der Waals surface area contributed by atoms with Crippen LogP contribution in [0.15, 0.2) is 12.4 Å². The Labute approximate surface area is 108 Å². The zero-order valence-electron chi connectivity index (χ0n) is 11.2. The molecule has 0 amide bonds. The molecule has 18 heavy (non-hydrogen) atoms. The van der Waals surface area contributed by atoms with E-state index in [0.29, 0.717) is 13.0 Å². The lowest BCUT2D eigenvalue weighted by Crippen LogP contribution is -2.36. The third-order valence-electron chi connectivity index (χ3n) is 2.73. The van der Waals surface area contributed by atoms with Gasteiger partial charge in [-0.2, -0.15) is 0 Å². The standard InChI is InChI=1S/C13H20N4O/c1-13(2,3)16-11-7-12(15-9-14-11)17-6-4-5-10(18)8-17/h7,9H,4-6,8H2,1-3H3,(H,14,15,16). The van der Waals surface area contributed by atoms with Crippen molar-refractivity contribution < 1.29 is 4.79 Å². The molecule has 5 nitrogen and oxygen atoms in total. The van der Waals surface area contributed by atoms with Crippen molar-refractivity contribution in [2.24, 2.45) is 0 Å². The molecule has 0 atom stereocenters. The van der Waals surface area contributed by atoms with E-state index in [0.717, 1.165) is 24.6 Å². The Morgan fingerprint density at radius 3 is 2.78 bits per heavy atom. The number of hydrogen-bond acceptors (Lipinski definition) is 5. The van der Waals surface area contributed by atoms with Gasteiger partial charge in [-0.1, -0.05) is 0 Å². The van der Waals surface area contributed by atoms with Gasteiger partial charge < -0.3 is 10.2 Å². The summed E-state index contributed by atoms with van der Waals surface area (Å²) >= 11 is 0. The van der Waals surface area contributed by atoms with Crippen molar-refractivity contribution in [3.63, 3.8) is 0 Å². The Morgan fingerprint density at radius 2 is 2.11 bits per heavy atom. The van der Waals surface area contributed by atoms with Crippen LogP contribution in [0, 0.1) is 0 Å². The third-order valence-corrected chi connectivity index (χ3v) is 2.73. The molecule has 1 aromatic rings. The summed E-state index contributed by atoms with van der Waals surface area (Å²) in [5.41, 5.74) is -0.0384. The summed E-state index contributed by atoms with van der Waals surface area (Å²) < 4.78 is 0. The largest absolute Gasteiger partial charge is 0.365 e. The summed E-state index contributed by atoms with van der Waals surface area (Å²) in [7, 11) is 0. The van der Waals surface area contributed by atoms with Gasteiger partial charge in [-0.05, 0) is 27.2 Å². The van der Waals surface area contributed by atoms with Crippen LogP contribution in [0.3, 0.4) is 0 Å². The first-order valence-corrected chi connectivity index (χ1v) is 6.31. The van der Waals surface area contributed by atoms with Gasteiger partial charge in [-0.3, -0.25) is 4.79 Å². The molecule has 1 aliphatic heterocycles. The predicted molar refractivity (Wildman–Crippen MR) is 71.9 cm³/mol. The number of Topliss-reactive ketones (excluding diaryl/α,β-unsaturated/α-hetero) is 1. The minimum atomic E-state index is -0.0384. The Hall–Kier alpha value is -1.65. The van der Waals surface area contributed by atoms with Crippen LogP contribution in [0.5, 0.6) is 0 Å². The average Bonchev–Trinajstić information content (AvgIpc) is 2.27. The van der Waals surface area contributed by atoms with Crippen molar-refractivity contribution in [3.05, 3.63) is 12.4 Å². The van der Waals surface area contributed by atoms with Gasteiger partial charge in [-0.15, -0.1) is 0 Å². The fourth-order valence-electron chi connectivity index (χ4n) is 2.01. The third kappa shape index (κ3) is 3.42. The van der Waals surface area contributed by atoms with E-state index < -0.39 is 0 Å². The lowest BCUT2D eigenvalue weighted by atomic mass is 10.1. The minimum absolute atomic E-state index is 0.0384. The number of ketones is 1. The molecule has 1 aromatic heterocycles. The molecule has 2 rings (SSSR count). The maximum absolute atomic E-state index is 11.5. The number of nitrogens with one attached hydrogen (secondary N) is 1. The molecule has 0 spiro atoms. The molecule has 0 bridgehead atoms. The molecule has 5 heteroatoms. The molecule has 0 aromatic carbocycles. The molecule has 0 unspecified atom stereocenters. The van der Waals surface area contributed by atoms with E-state index in [1.807, 2.05) is 11.0 Å². The van der Waals surface area contributed by atoms with Gasteiger partial charge in [0.05, 0.1) is 6.54 Å². The molecular formula is C13H20N4O. The van der Waals surface area contributed by atoms with Crippen molar-refractivity contribution in [2.75, 3.05) is 23.3 Å². The number of hydrogen-bond donors (Lipinski definition) is 1. The highest BCUT2D eigenvalue weighted by Gasteiger charge is 2.19. The van der Waals surface area contributed by atoms with Gasteiger partial charge in [0.25, 0.3) is 0 Å². The molecule has 1 aliphatic rings. The van der Waals surface area contributed by atoms with E-state index in [-0.39, 0.29) is 11.3 Å². The highest BCUT2D eigenvalue weighted by molar-refractivity contribution is 5.84. The van der Waals surface area contributed by atoms with Crippen molar-refractivity contribution in [1.82, 2.24) is 9.97 Å². The van der Waals surface area contributed by atoms with Crippen molar-refractivity contribution in [2.45, 2.75) is 39.2 Å². The van der Waals surface area contributed by atoms with Gasteiger partial charge in [0.2, 0.25) is 0 Å². The van der Waals surface area contributed by atoms with Crippen molar-refractivity contribution in [1.29, 1.82) is 0 Å². The number of rotatable bonds is 2. The molecule has 0 radical (unpaired) electrons. The number of carbonyl (C=O) groups excluding carboxylic acids is 1. The topological polar surface area (TPSA) is 58.1 Å². The summed E-state index contributed by atoms with van der Waals surface area (Å²) in [5, 5.41) is 3.31. The number of nitrogens with zero attached hydrogens (tertiary/aromatic N) is 3. The second-order valence-corrected chi connectivity index (χ2v) is 5.70. The lowest BCUT2D eigenvalue weighted by molar-refractivity contribution is -0.118. The van der Waals surface area contributed by atoms with E-state index in [2.05, 4.69) is 36.1 Å². The molecule has 0 aliphatic carbocycles. The first-order chi connectivity index (χ1) is 8.44. The van der Waals surface area contributed by atoms with Gasteiger partial charge in [-0.25, -0.2) is 9.97 Å². The molecule has 1 fully saturated rings. The summed E-state index contributed by atoms with van der Waals surface area (Å²) in [6.45, 7) is 7.60. The van der Waals surface area contributed by atoms with Crippen LogP contribution >= 0.6 is 0 Å². The Morgan fingerprint density at radius 1 is 1.33 bits per heavy atom. The monoisotopic (exact) mass is 248 g/mol. The zero-order chi connectivity index (χ0) is 13.2. The first kappa shape index (κ1) is 12.8. The summed E-state index contributed by atoms with van der Waals surface area (Å²) in [6, 6.07) is 1.91. The van der Waals surface area contributed by atoms with Crippen LogP contribution in [0.25, 0.3) is 0 Å². The maximum Gasteiger partial charge on any atom is 0.152 e. The van der Waals surface area contributed by atoms with Crippen LogP contribution < -0.4 is 10.2 Å². The van der Waals surface area contributed by atoms with Crippen LogP contribution in [-0.4, -0.2) is 34.4 Å².